The number of thiophene rings is 1. The molecule has 2 amide bonds. The minimum Gasteiger partial charge on any atom is -0.508 e. The Morgan fingerprint density at radius 1 is 0.854 bits per heavy atom. The van der Waals surface area contributed by atoms with Crippen LogP contribution in [0.2, 0.25) is 0 Å². The number of carboxylic acids is 1. The van der Waals surface area contributed by atoms with E-state index in [1.54, 1.807) is 42.7 Å². The molecule has 0 saturated heterocycles. The van der Waals surface area contributed by atoms with Gasteiger partial charge in [-0.3, -0.25) is 14.4 Å². The van der Waals surface area contributed by atoms with Crippen molar-refractivity contribution in [1.29, 1.82) is 0 Å². The molecule has 0 aliphatic carbocycles. The Bertz CT molecular complexity index is 1520. The van der Waals surface area contributed by atoms with Crippen LogP contribution in [0.3, 0.4) is 0 Å². The molecule has 0 aliphatic heterocycles. The summed E-state index contributed by atoms with van der Waals surface area (Å²) in [6.07, 6.45) is 3.57. The maximum atomic E-state index is 13.1. The quantitative estimate of drug-likeness (QED) is 0.226. The van der Waals surface area contributed by atoms with E-state index in [2.05, 4.69) is 41.4 Å². The minimum absolute atomic E-state index is 0.117. The summed E-state index contributed by atoms with van der Waals surface area (Å²) in [7, 11) is 0. The highest BCUT2D eigenvalue weighted by Gasteiger charge is 2.26. The maximum absolute atomic E-state index is 13.1. The summed E-state index contributed by atoms with van der Waals surface area (Å²) in [4.78, 5) is 47.9. The van der Waals surface area contributed by atoms with Crippen LogP contribution in [-0.4, -0.2) is 50.0 Å². The summed E-state index contributed by atoms with van der Waals surface area (Å²) in [6.45, 7) is 7.55. The third-order valence-corrected chi connectivity index (χ3v) is 7.93. The zero-order valence-corrected chi connectivity index (χ0v) is 24.0. The lowest BCUT2D eigenvalue weighted by Crippen LogP contribution is -2.51. The van der Waals surface area contributed by atoms with Gasteiger partial charge in [0.25, 0.3) is 5.91 Å². The molecular formula is C31H32N4O5S. The number of nitrogens with zero attached hydrogens (tertiary/aromatic N) is 2. The molecule has 212 valence electrons. The largest absolute Gasteiger partial charge is 0.508 e. The summed E-state index contributed by atoms with van der Waals surface area (Å²) >= 11 is 1.36. The van der Waals surface area contributed by atoms with E-state index in [0.717, 1.165) is 27.1 Å². The van der Waals surface area contributed by atoms with Crippen LogP contribution in [0.25, 0.3) is 22.5 Å². The molecule has 0 radical (unpaired) electrons. The highest BCUT2D eigenvalue weighted by atomic mass is 32.1. The Labute approximate surface area is 242 Å². The van der Waals surface area contributed by atoms with Crippen LogP contribution < -0.4 is 10.6 Å². The van der Waals surface area contributed by atoms with Crippen LogP contribution in [-0.2, 0) is 21.4 Å². The number of nitrogens with one attached hydrogen (secondary N) is 2. The van der Waals surface area contributed by atoms with Crippen molar-refractivity contribution in [2.45, 2.75) is 51.6 Å². The zero-order valence-electron chi connectivity index (χ0n) is 23.2. The summed E-state index contributed by atoms with van der Waals surface area (Å²) in [5, 5.41) is 24.0. The van der Waals surface area contributed by atoms with Gasteiger partial charge in [-0.2, -0.15) is 0 Å². The molecular weight excluding hydrogens is 540 g/mol. The number of carbonyl (C=O) groups is 3. The molecule has 4 aromatic rings. The number of aromatic hydroxyl groups is 1. The molecule has 0 aliphatic rings. The average Bonchev–Trinajstić information content (AvgIpc) is 3.45. The number of benzene rings is 2. The lowest BCUT2D eigenvalue weighted by atomic mass is 9.95. The Morgan fingerprint density at radius 3 is 2.02 bits per heavy atom. The third-order valence-electron chi connectivity index (χ3n) is 6.42. The molecule has 2 aromatic carbocycles. The molecule has 4 N–H and O–H groups in total. The highest BCUT2D eigenvalue weighted by Crippen LogP contribution is 2.29. The number of aromatic nitrogens is 2. The molecule has 10 heteroatoms. The van der Waals surface area contributed by atoms with E-state index in [1.165, 1.54) is 18.3 Å². The second kappa shape index (κ2) is 12.3. The van der Waals surface area contributed by atoms with Gasteiger partial charge in [0.1, 0.15) is 17.8 Å². The minimum atomic E-state index is -1.17. The molecule has 0 saturated carbocycles. The summed E-state index contributed by atoms with van der Waals surface area (Å²) in [5.41, 5.74) is 3.11. The molecule has 2 heterocycles. The predicted octanol–water partition coefficient (Wildman–Crippen LogP) is 4.81. The van der Waals surface area contributed by atoms with Gasteiger partial charge in [0, 0.05) is 34.8 Å². The van der Waals surface area contributed by atoms with Crippen molar-refractivity contribution in [3.8, 4) is 28.3 Å². The normalized spacial score (nSPS) is 12.8. The second-order valence-electron chi connectivity index (χ2n) is 10.8. The van der Waals surface area contributed by atoms with Crippen molar-refractivity contribution in [3.63, 3.8) is 0 Å². The fourth-order valence-corrected chi connectivity index (χ4v) is 4.95. The summed E-state index contributed by atoms with van der Waals surface area (Å²) < 4.78 is 0. The Hall–Kier alpha value is -4.57. The Balaban J connectivity index is 1.50. The van der Waals surface area contributed by atoms with E-state index >= 15 is 0 Å². The third kappa shape index (κ3) is 7.55. The Morgan fingerprint density at radius 2 is 1.46 bits per heavy atom. The lowest BCUT2D eigenvalue weighted by molar-refractivity contribution is -0.141. The number of carboxylic acid groups (broad SMARTS) is 1. The number of aliphatic carboxylic acids is 1. The van der Waals surface area contributed by atoms with Crippen LogP contribution in [0.1, 0.15) is 47.8 Å². The van der Waals surface area contributed by atoms with Gasteiger partial charge < -0.3 is 20.8 Å². The van der Waals surface area contributed by atoms with Crippen molar-refractivity contribution in [2.24, 2.45) is 0 Å². The smallest absolute Gasteiger partial charge is 0.325 e. The molecule has 41 heavy (non-hydrogen) atoms. The topological polar surface area (TPSA) is 142 Å². The van der Waals surface area contributed by atoms with Crippen molar-refractivity contribution in [3.05, 3.63) is 88.4 Å². The van der Waals surface area contributed by atoms with Gasteiger partial charge in [-0.15, -0.1) is 11.3 Å². The van der Waals surface area contributed by atoms with Gasteiger partial charge in [0.15, 0.2) is 5.82 Å². The number of hydrogen-bond acceptors (Lipinski definition) is 7. The monoisotopic (exact) mass is 572 g/mol. The molecule has 2 aromatic heterocycles. The van der Waals surface area contributed by atoms with E-state index in [9.17, 15) is 24.6 Å². The van der Waals surface area contributed by atoms with Crippen LogP contribution in [0.4, 0.5) is 0 Å². The zero-order chi connectivity index (χ0) is 29.7. The number of phenolic OH excluding ortho intramolecular Hbond substituents is 1. The van der Waals surface area contributed by atoms with Crippen LogP contribution in [0.15, 0.2) is 73.1 Å². The molecule has 0 fully saturated rings. The van der Waals surface area contributed by atoms with E-state index in [1.807, 2.05) is 30.3 Å². The number of phenols is 1. The van der Waals surface area contributed by atoms with Gasteiger partial charge in [-0.25, -0.2) is 9.97 Å². The van der Waals surface area contributed by atoms with Crippen LogP contribution in [0.5, 0.6) is 5.75 Å². The first kappa shape index (κ1) is 29.4. The standard InChI is InChI=1S/C31H32N4O5S/c1-18(30(39)40)34-28(37)24(35-29(38)25-13-14-26(41-25)31(2,3)4)15-19-5-7-21(8-6-19)27-32-16-22(17-33-27)20-9-11-23(36)12-10-20/h5-14,16-18,24,36H,15H2,1-4H3,(H,34,37)(H,35,38)(H,39,40)/t18-,24+/m1/s1. The highest BCUT2D eigenvalue weighted by molar-refractivity contribution is 7.14. The SMILES string of the molecule is C[C@@H](NC(=O)[C@H](Cc1ccc(-c2ncc(-c3ccc(O)cc3)cn2)cc1)NC(=O)c1ccc(C(C)(C)C)s1)C(=O)O. The van der Waals surface area contributed by atoms with E-state index in [-0.39, 0.29) is 17.6 Å². The molecule has 9 nitrogen and oxygen atoms in total. The summed E-state index contributed by atoms with van der Waals surface area (Å²) in [5.74, 6) is -1.45. The van der Waals surface area contributed by atoms with Crippen molar-refractivity contribution >= 4 is 29.1 Å². The van der Waals surface area contributed by atoms with E-state index in [0.29, 0.717) is 10.7 Å². The number of carbonyl (C=O) groups excluding carboxylic acids is 2. The number of amides is 2. The van der Waals surface area contributed by atoms with Gasteiger partial charge >= 0.3 is 5.97 Å². The van der Waals surface area contributed by atoms with Crippen LogP contribution >= 0.6 is 11.3 Å². The lowest BCUT2D eigenvalue weighted by Gasteiger charge is -2.20. The average molecular weight is 573 g/mol. The number of rotatable bonds is 9. The summed E-state index contributed by atoms with van der Waals surface area (Å²) in [6, 6.07) is 15.6. The maximum Gasteiger partial charge on any atom is 0.325 e. The van der Waals surface area contributed by atoms with Gasteiger partial charge in [0.05, 0.1) is 4.88 Å². The fraction of sp³-hybridized carbons (Fsp3) is 0.258. The van der Waals surface area contributed by atoms with E-state index in [4.69, 9.17) is 0 Å². The molecule has 0 spiro atoms. The molecule has 4 rings (SSSR count). The van der Waals surface area contributed by atoms with Crippen molar-refractivity contribution in [2.75, 3.05) is 0 Å². The van der Waals surface area contributed by atoms with Gasteiger partial charge in [-0.1, -0.05) is 57.2 Å². The first-order valence-corrected chi connectivity index (χ1v) is 13.9. The first-order chi connectivity index (χ1) is 19.4. The number of hydrogen-bond donors (Lipinski definition) is 4. The fourth-order valence-electron chi connectivity index (χ4n) is 3.98. The van der Waals surface area contributed by atoms with Gasteiger partial charge in [-0.05, 0) is 47.7 Å². The first-order valence-electron chi connectivity index (χ1n) is 13.1. The molecule has 2 atom stereocenters. The Kier molecular flexibility index (Phi) is 8.83. The predicted molar refractivity (Wildman–Crippen MR) is 158 cm³/mol. The second-order valence-corrected chi connectivity index (χ2v) is 11.8. The van der Waals surface area contributed by atoms with E-state index < -0.39 is 29.9 Å². The van der Waals surface area contributed by atoms with Crippen LogP contribution in [0, 0.1) is 0 Å². The molecule has 0 unspecified atom stereocenters. The van der Waals surface area contributed by atoms with Crippen molar-refractivity contribution in [1.82, 2.24) is 20.6 Å². The van der Waals surface area contributed by atoms with Crippen molar-refractivity contribution < 1.29 is 24.6 Å². The molecule has 0 bridgehead atoms. The van der Waals surface area contributed by atoms with Gasteiger partial charge in [0.2, 0.25) is 5.91 Å².